The van der Waals surface area contributed by atoms with E-state index in [1.165, 1.54) is 23.1 Å². The van der Waals surface area contributed by atoms with Gasteiger partial charge in [-0.1, -0.05) is 24.3 Å². The smallest absolute Gasteiger partial charge is 0.282 e. The number of carbonyl (C=O) groups excluding carboxylic acids is 3. The molecule has 2 aromatic carbocycles. The topological polar surface area (TPSA) is 134 Å². The molecule has 10 nitrogen and oxygen atoms in total. The minimum absolute atomic E-state index is 0.0604. The van der Waals surface area contributed by atoms with Crippen LogP contribution in [0.2, 0.25) is 0 Å². The van der Waals surface area contributed by atoms with Crippen LogP contribution >= 0.6 is 0 Å². The largest absolute Gasteiger partial charge is 0.506 e. The number of aromatic hydroxyl groups is 1. The molecule has 2 heterocycles. The van der Waals surface area contributed by atoms with E-state index in [1.54, 1.807) is 42.6 Å². The number of rotatable bonds is 7. The van der Waals surface area contributed by atoms with Crippen LogP contribution < -0.4 is 4.90 Å². The number of phenols is 1. The first-order chi connectivity index (χ1) is 15.9. The van der Waals surface area contributed by atoms with E-state index >= 15 is 0 Å². The van der Waals surface area contributed by atoms with Gasteiger partial charge in [-0.2, -0.15) is 0 Å². The molecule has 1 aromatic heterocycles. The van der Waals surface area contributed by atoms with Crippen molar-refractivity contribution < 1.29 is 24.4 Å². The number of nitrogens with zero attached hydrogens (tertiary/aromatic N) is 4. The number of nitro benzene ring substituents is 1. The van der Waals surface area contributed by atoms with Crippen LogP contribution in [0.1, 0.15) is 32.8 Å². The third-order valence-corrected chi connectivity index (χ3v) is 5.24. The summed E-state index contributed by atoms with van der Waals surface area (Å²) in [7, 11) is 0. The summed E-state index contributed by atoms with van der Waals surface area (Å²) in [5, 5.41) is 21.5. The minimum atomic E-state index is -0.811. The molecule has 0 bridgehead atoms. The number of phenolic OH excluding ortho intramolecular Hbond substituents is 1. The van der Waals surface area contributed by atoms with Crippen molar-refractivity contribution in [3.63, 3.8) is 0 Å². The highest BCUT2D eigenvalue weighted by molar-refractivity contribution is 6.23. The monoisotopic (exact) mass is 446 g/mol. The lowest BCUT2D eigenvalue weighted by Crippen LogP contribution is -2.37. The van der Waals surface area contributed by atoms with Crippen molar-refractivity contribution in [1.82, 2.24) is 9.88 Å². The number of hydrogen-bond donors (Lipinski definition) is 1. The Morgan fingerprint density at radius 1 is 1.03 bits per heavy atom. The van der Waals surface area contributed by atoms with Gasteiger partial charge in [0.1, 0.15) is 11.3 Å². The lowest BCUT2D eigenvalue weighted by Gasteiger charge is -2.24. The van der Waals surface area contributed by atoms with Crippen molar-refractivity contribution >= 4 is 29.1 Å². The summed E-state index contributed by atoms with van der Waals surface area (Å²) in [5.74, 6) is -2.08. The molecule has 1 aliphatic heterocycles. The summed E-state index contributed by atoms with van der Waals surface area (Å²) in [6.45, 7) is -0.209. The summed E-state index contributed by atoms with van der Waals surface area (Å²) >= 11 is 0. The average molecular weight is 446 g/mol. The van der Waals surface area contributed by atoms with Crippen molar-refractivity contribution in [3.05, 3.63) is 93.8 Å². The summed E-state index contributed by atoms with van der Waals surface area (Å²) < 4.78 is 0. The number of carbonyl (C=O) groups is 3. The van der Waals surface area contributed by atoms with Crippen LogP contribution in [0, 0.1) is 10.1 Å². The number of pyridine rings is 1. The normalized spacial score (nSPS) is 12.5. The van der Waals surface area contributed by atoms with Crippen molar-refractivity contribution in [3.8, 4) is 5.75 Å². The molecule has 4 rings (SSSR count). The first-order valence-corrected chi connectivity index (χ1v) is 10.0. The number of benzene rings is 2. The van der Waals surface area contributed by atoms with Gasteiger partial charge in [0.05, 0.1) is 28.4 Å². The summed E-state index contributed by atoms with van der Waals surface area (Å²) in [6, 6.07) is 15.4. The molecule has 1 N–H and O–H groups in total. The maximum absolute atomic E-state index is 13.1. The highest BCUT2D eigenvalue weighted by Crippen LogP contribution is 2.32. The number of amides is 3. The van der Waals surface area contributed by atoms with Gasteiger partial charge in [0, 0.05) is 25.2 Å². The van der Waals surface area contributed by atoms with Gasteiger partial charge >= 0.3 is 0 Å². The lowest BCUT2D eigenvalue weighted by molar-refractivity contribution is -0.385. The molecule has 0 saturated carbocycles. The maximum atomic E-state index is 13.1. The molecular formula is C23H18N4O6. The van der Waals surface area contributed by atoms with Crippen LogP contribution in [0.4, 0.5) is 11.4 Å². The van der Waals surface area contributed by atoms with Crippen molar-refractivity contribution in [2.75, 3.05) is 11.4 Å². The first-order valence-electron chi connectivity index (χ1n) is 10.0. The van der Waals surface area contributed by atoms with Crippen molar-refractivity contribution in [1.29, 1.82) is 0 Å². The van der Waals surface area contributed by atoms with Gasteiger partial charge in [-0.3, -0.25) is 34.4 Å². The van der Waals surface area contributed by atoms with Gasteiger partial charge in [0.15, 0.2) is 0 Å². The zero-order chi connectivity index (χ0) is 23.5. The zero-order valence-corrected chi connectivity index (χ0v) is 17.2. The van der Waals surface area contributed by atoms with Crippen LogP contribution in [0.3, 0.4) is 0 Å². The highest BCUT2D eigenvalue weighted by Gasteiger charge is 2.41. The van der Waals surface area contributed by atoms with Gasteiger partial charge < -0.3 is 10.0 Å². The van der Waals surface area contributed by atoms with E-state index in [9.17, 15) is 29.6 Å². The predicted molar refractivity (Wildman–Crippen MR) is 117 cm³/mol. The fourth-order valence-corrected chi connectivity index (χ4v) is 3.67. The zero-order valence-electron chi connectivity index (χ0n) is 17.2. The van der Waals surface area contributed by atoms with Crippen LogP contribution in [0.5, 0.6) is 5.75 Å². The average Bonchev–Trinajstić information content (AvgIpc) is 3.06. The fraction of sp³-hybridized carbons (Fsp3) is 0.130. The second kappa shape index (κ2) is 8.87. The van der Waals surface area contributed by atoms with E-state index in [4.69, 9.17) is 0 Å². The molecule has 0 radical (unpaired) electrons. The van der Waals surface area contributed by atoms with Gasteiger partial charge in [-0.25, -0.2) is 0 Å². The Balaban J connectivity index is 1.56. The molecule has 0 atom stereocenters. The second-order valence-corrected chi connectivity index (χ2v) is 7.26. The van der Waals surface area contributed by atoms with Gasteiger partial charge in [-0.05, 0) is 30.3 Å². The van der Waals surface area contributed by atoms with E-state index in [1.807, 2.05) is 0 Å². The predicted octanol–water partition coefficient (Wildman–Crippen LogP) is 2.91. The van der Waals surface area contributed by atoms with Gasteiger partial charge in [0.2, 0.25) is 5.91 Å². The van der Waals surface area contributed by atoms with E-state index < -0.39 is 28.3 Å². The Kier molecular flexibility index (Phi) is 5.81. The summed E-state index contributed by atoms with van der Waals surface area (Å²) in [5.41, 5.74) is 0.0426. The molecule has 0 saturated heterocycles. The number of imide groups is 1. The first kappa shape index (κ1) is 21.6. The van der Waals surface area contributed by atoms with Crippen LogP contribution in [0.25, 0.3) is 0 Å². The second-order valence-electron chi connectivity index (χ2n) is 7.26. The Hall–Kier alpha value is -4.60. The van der Waals surface area contributed by atoms with E-state index in [-0.39, 0.29) is 42.1 Å². The number of para-hydroxylation sites is 2. The molecule has 10 heteroatoms. The molecular weight excluding hydrogens is 428 g/mol. The number of fused-ring (bicyclic) bond motifs is 1. The number of nitro groups is 1. The van der Waals surface area contributed by atoms with Crippen molar-refractivity contribution in [2.24, 2.45) is 0 Å². The lowest BCUT2D eigenvalue weighted by atomic mass is 10.1. The minimum Gasteiger partial charge on any atom is -0.506 e. The molecule has 1 aliphatic rings. The number of anilines is 1. The van der Waals surface area contributed by atoms with Crippen LogP contribution in [0.15, 0.2) is 66.9 Å². The number of hydrogen-bond acceptors (Lipinski definition) is 7. The molecule has 3 amide bonds. The molecule has 0 aliphatic carbocycles. The molecule has 33 heavy (non-hydrogen) atoms. The third kappa shape index (κ3) is 4.13. The van der Waals surface area contributed by atoms with Gasteiger partial charge in [-0.15, -0.1) is 0 Å². The Morgan fingerprint density at radius 3 is 2.48 bits per heavy atom. The molecule has 0 unspecified atom stereocenters. The maximum Gasteiger partial charge on any atom is 0.282 e. The standard InChI is InChI=1S/C23H18N4O6/c28-19-10-2-1-8-17(19)26(14-15-6-3-4-12-24-15)20(29)11-13-25-22(30)16-7-5-9-18(27(32)33)21(16)23(25)31/h1-10,12,28H,11,13-14H2. The molecule has 3 aromatic rings. The van der Waals surface area contributed by atoms with Crippen molar-refractivity contribution in [2.45, 2.75) is 13.0 Å². The Labute approximate surface area is 187 Å². The Morgan fingerprint density at radius 2 is 1.79 bits per heavy atom. The molecule has 0 fully saturated rings. The highest BCUT2D eigenvalue weighted by atomic mass is 16.6. The summed E-state index contributed by atoms with van der Waals surface area (Å²) in [6.07, 6.45) is 1.33. The number of aromatic nitrogens is 1. The summed E-state index contributed by atoms with van der Waals surface area (Å²) in [4.78, 5) is 55.5. The fourth-order valence-electron chi connectivity index (χ4n) is 3.67. The van der Waals surface area contributed by atoms with Crippen LogP contribution in [-0.2, 0) is 11.3 Å². The third-order valence-electron chi connectivity index (χ3n) is 5.24. The van der Waals surface area contributed by atoms with E-state index in [2.05, 4.69) is 4.98 Å². The van der Waals surface area contributed by atoms with Gasteiger partial charge in [0.25, 0.3) is 17.5 Å². The Bertz CT molecular complexity index is 1260. The SMILES string of the molecule is O=C1c2cccc([N+](=O)[O-])c2C(=O)N1CCC(=O)N(Cc1ccccn1)c1ccccc1O. The quantitative estimate of drug-likeness (QED) is 0.335. The van der Waals surface area contributed by atoms with E-state index in [0.717, 1.165) is 11.0 Å². The molecule has 166 valence electrons. The molecule has 0 spiro atoms. The van der Waals surface area contributed by atoms with E-state index in [0.29, 0.717) is 5.69 Å². The van der Waals surface area contributed by atoms with Crippen LogP contribution in [-0.4, -0.2) is 44.2 Å².